The van der Waals surface area contributed by atoms with E-state index in [0.717, 1.165) is 5.69 Å². The highest BCUT2D eigenvalue weighted by atomic mass is 32.2. The van der Waals surface area contributed by atoms with Gasteiger partial charge in [0.15, 0.2) is 10.9 Å². The van der Waals surface area contributed by atoms with E-state index in [2.05, 4.69) is 10.2 Å². The molecule has 212 valence electrons. The first-order valence-electron chi connectivity index (χ1n) is 12.9. The Morgan fingerprint density at radius 3 is 2.59 bits per heavy atom. The van der Waals surface area contributed by atoms with E-state index < -0.39 is 4.92 Å². The van der Waals surface area contributed by atoms with E-state index in [1.54, 1.807) is 54.4 Å². The molecule has 13 heteroatoms. The van der Waals surface area contributed by atoms with Crippen LogP contribution in [0.1, 0.15) is 22.8 Å². The third kappa shape index (κ3) is 5.80. The molecule has 2 amide bonds. The number of rotatable bonds is 8. The molecule has 0 aliphatic carbocycles. The molecule has 5 rings (SSSR count). The van der Waals surface area contributed by atoms with Gasteiger partial charge in [0.2, 0.25) is 11.7 Å². The van der Waals surface area contributed by atoms with Gasteiger partial charge in [0.25, 0.3) is 11.6 Å². The first-order valence-corrected chi connectivity index (χ1v) is 13.9. The standard InChI is InChI=1S/C28H28N6O6S/c1-18-6-7-20(15-23(18)34(37)38)27(36)32-13-12-31(16-19(32)2)25(35)17-41-28-30-29-26(24-5-4-14-40-24)33(28)21-8-10-22(39-3)11-9-21/h4-11,14-15,19H,12-13,16-17H2,1-3H3. The zero-order valence-electron chi connectivity index (χ0n) is 22.7. The van der Waals surface area contributed by atoms with Crippen LogP contribution in [-0.4, -0.2) is 79.8 Å². The fourth-order valence-electron chi connectivity index (χ4n) is 4.70. The summed E-state index contributed by atoms with van der Waals surface area (Å²) >= 11 is 1.26. The molecule has 0 radical (unpaired) electrons. The topological polar surface area (TPSA) is 137 Å². The number of aromatic nitrogens is 3. The number of furan rings is 1. The minimum absolute atomic E-state index is 0.0907. The first-order chi connectivity index (χ1) is 19.8. The van der Waals surface area contributed by atoms with E-state index in [9.17, 15) is 19.7 Å². The smallest absolute Gasteiger partial charge is 0.273 e. The van der Waals surface area contributed by atoms with E-state index in [1.807, 2.05) is 35.8 Å². The predicted molar refractivity (Wildman–Crippen MR) is 151 cm³/mol. The minimum atomic E-state index is -0.489. The summed E-state index contributed by atoms with van der Waals surface area (Å²) in [6.45, 7) is 4.52. The Hall–Kier alpha value is -4.65. The molecule has 1 saturated heterocycles. The molecule has 12 nitrogen and oxygen atoms in total. The van der Waals surface area contributed by atoms with Gasteiger partial charge in [0.05, 0.1) is 29.7 Å². The third-order valence-corrected chi connectivity index (χ3v) is 7.84. The van der Waals surface area contributed by atoms with E-state index in [0.29, 0.717) is 47.7 Å². The lowest BCUT2D eigenvalue weighted by molar-refractivity contribution is -0.385. The number of carbonyl (C=O) groups is 2. The molecule has 0 N–H and O–H groups in total. The number of benzene rings is 2. The molecule has 41 heavy (non-hydrogen) atoms. The van der Waals surface area contributed by atoms with Crippen molar-refractivity contribution >= 4 is 29.3 Å². The summed E-state index contributed by atoms with van der Waals surface area (Å²) in [6, 6.07) is 15.2. The number of nitro groups is 1. The molecule has 2 aromatic heterocycles. The maximum Gasteiger partial charge on any atom is 0.273 e. The second-order valence-electron chi connectivity index (χ2n) is 9.55. The quantitative estimate of drug-likeness (QED) is 0.171. The number of nitro benzene ring substituents is 1. The van der Waals surface area contributed by atoms with Crippen LogP contribution in [0.3, 0.4) is 0 Å². The van der Waals surface area contributed by atoms with Gasteiger partial charge in [-0.05, 0) is 56.3 Å². The lowest BCUT2D eigenvalue weighted by atomic mass is 10.1. The number of piperazine rings is 1. The van der Waals surface area contributed by atoms with Gasteiger partial charge in [-0.3, -0.25) is 24.3 Å². The van der Waals surface area contributed by atoms with Crippen molar-refractivity contribution in [3.8, 4) is 23.0 Å². The summed E-state index contributed by atoms with van der Waals surface area (Å²) in [5, 5.41) is 20.5. The number of ether oxygens (including phenoxy) is 1. The van der Waals surface area contributed by atoms with Crippen molar-refractivity contribution < 1.29 is 23.7 Å². The van der Waals surface area contributed by atoms with E-state index in [-0.39, 0.29) is 34.9 Å². The normalized spacial score (nSPS) is 15.1. The van der Waals surface area contributed by atoms with Crippen LogP contribution in [-0.2, 0) is 4.79 Å². The monoisotopic (exact) mass is 576 g/mol. The highest BCUT2D eigenvalue weighted by molar-refractivity contribution is 7.99. The fraction of sp³-hybridized carbons (Fsp3) is 0.286. The van der Waals surface area contributed by atoms with Crippen molar-refractivity contribution in [3.05, 3.63) is 82.1 Å². The number of aryl methyl sites for hydroxylation is 1. The Bertz CT molecular complexity index is 1570. The summed E-state index contributed by atoms with van der Waals surface area (Å²) in [7, 11) is 1.60. The molecule has 1 aliphatic rings. The van der Waals surface area contributed by atoms with Gasteiger partial charge in [-0.1, -0.05) is 17.8 Å². The second kappa shape index (κ2) is 11.8. The van der Waals surface area contributed by atoms with Gasteiger partial charge in [-0.15, -0.1) is 10.2 Å². The van der Waals surface area contributed by atoms with Crippen LogP contribution >= 0.6 is 11.8 Å². The van der Waals surface area contributed by atoms with Crippen molar-refractivity contribution in [2.24, 2.45) is 0 Å². The molecular formula is C28H28N6O6S. The highest BCUT2D eigenvalue weighted by Crippen LogP contribution is 2.30. The van der Waals surface area contributed by atoms with Gasteiger partial charge in [0, 0.05) is 42.9 Å². The van der Waals surface area contributed by atoms with Gasteiger partial charge >= 0.3 is 0 Å². The number of thioether (sulfide) groups is 1. The Kier molecular flexibility index (Phi) is 8.06. The molecule has 1 fully saturated rings. The Balaban J connectivity index is 1.26. The Morgan fingerprint density at radius 1 is 1.15 bits per heavy atom. The summed E-state index contributed by atoms with van der Waals surface area (Å²) < 4.78 is 12.7. The molecule has 0 spiro atoms. The molecule has 1 aliphatic heterocycles. The van der Waals surface area contributed by atoms with Crippen LogP contribution in [0.25, 0.3) is 17.3 Å². The maximum atomic E-state index is 13.2. The lowest BCUT2D eigenvalue weighted by Crippen LogP contribution is -2.55. The van der Waals surface area contributed by atoms with Crippen molar-refractivity contribution in [3.63, 3.8) is 0 Å². The summed E-state index contributed by atoms with van der Waals surface area (Å²) in [4.78, 5) is 40.6. The molecule has 1 atom stereocenters. The van der Waals surface area contributed by atoms with Crippen LogP contribution in [0.4, 0.5) is 5.69 Å². The van der Waals surface area contributed by atoms with Crippen LogP contribution in [0, 0.1) is 17.0 Å². The molecule has 0 bridgehead atoms. The van der Waals surface area contributed by atoms with Gasteiger partial charge in [-0.25, -0.2) is 0 Å². The number of amides is 2. The summed E-state index contributed by atoms with van der Waals surface area (Å²) in [5.41, 5.74) is 1.45. The van der Waals surface area contributed by atoms with Crippen LogP contribution in [0.15, 0.2) is 70.4 Å². The molecular weight excluding hydrogens is 548 g/mol. The molecule has 3 heterocycles. The summed E-state index contributed by atoms with van der Waals surface area (Å²) in [6.07, 6.45) is 1.56. The van der Waals surface area contributed by atoms with E-state index >= 15 is 0 Å². The number of hydrogen-bond donors (Lipinski definition) is 0. The van der Waals surface area contributed by atoms with Crippen LogP contribution in [0.2, 0.25) is 0 Å². The highest BCUT2D eigenvalue weighted by Gasteiger charge is 2.31. The molecule has 0 saturated carbocycles. The van der Waals surface area contributed by atoms with Crippen LogP contribution < -0.4 is 4.74 Å². The summed E-state index contributed by atoms with van der Waals surface area (Å²) in [5.74, 6) is 1.49. The average molecular weight is 577 g/mol. The predicted octanol–water partition coefficient (Wildman–Crippen LogP) is 4.22. The van der Waals surface area contributed by atoms with Gasteiger partial charge in [-0.2, -0.15) is 0 Å². The van der Waals surface area contributed by atoms with E-state index in [4.69, 9.17) is 9.15 Å². The third-order valence-electron chi connectivity index (χ3n) is 6.92. The number of carbonyl (C=O) groups excluding carboxylic acids is 2. The van der Waals surface area contributed by atoms with Crippen molar-refractivity contribution in [1.29, 1.82) is 0 Å². The minimum Gasteiger partial charge on any atom is -0.497 e. The SMILES string of the molecule is COc1ccc(-n2c(SCC(=O)N3CCN(C(=O)c4ccc(C)c([N+](=O)[O-])c4)C(C)C3)nnc2-c2ccco2)cc1. The van der Waals surface area contributed by atoms with Crippen molar-refractivity contribution in [1.82, 2.24) is 24.6 Å². The van der Waals surface area contributed by atoms with Crippen LogP contribution in [0.5, 0.6) is 5.75 Å². The maximum absolute atomic E-state index is 13.2. The van der Waals surface area contributed by atoms with Crippen molar-refractivity contribution in [2.75, 3.05) is 32.5 Å². The first kappa shape index (κ1) is 27.9. The molecule has 1 unspecified atom stereocenters. The van der Waals surface area contributed by atoms with Gasteiger partial charge in [0.1, 0.15) is 5.75 Å². The average Bonchev–Trinajstić information content (AvgIpc) is 3.66. The Morgan fingerprint density at radius 2 is 1.93 bits per heavy atom. The molecule has 2 aromatic carbocycles. The number of nitrogens with zero attached hydrogens (tertiary/aromatic N) is 6. The zero-order valence-corrected chi connectivity index (χ0v) is 23.5. The second-order valence-corrected chi connectivity index (χ2v) is 10.5. The van der Waals surface area contributed by atoms with Crippen molar-refractivity contribution in [2.45, 2.75) is 25.0 Å². The molecule has 4 aromatic rings. The zero-order chi connectivity index (χ0) is 29.1. The number of hydrogen-bond acceptors (Lipinski definition) is 9. The van der Waals surface area contributed by atoms with E-state index in [1.165, 1.54) is 17.8 Å². The Labute approximate surface area is 240 Å². The fourth-order valence-corrected chi connectivity index (χ4v) is 5.56. The van der Waals surface area contributed by atoms with Gasteiger partial charge < -0.3 is 19.0 Å². The largest absolute Gasteiger partial charge is 0.497 e. The number of methoxy groups -OCH3 is 1. The lowest BCUT2D eigenvalue weighted by Gasteiger charge is -2.40.